The highest BCUT2D eigenvalue weighted by atomic mass is 16.5. The van der Waals surface area contributed by atoms with Crippen LogP contribution in [0.2, 0.25) is 0 Å². The van der Waals surface area contributed by atoms with Crippen LogP contribution in [0.1, 0.15) is 49.7 Å². The molecule has 2 amide bonds. The van der Waals surface area contributed by atoms with E-state index >= 15 is 0 Å². The minimum atomic E-state index is -0.945. The fourth-order valence-electron chi connectivity index (χ4n) is 4.56. The normalized spacial score (nSPS) is 16.8. The third-order valence-corrected chi connectivity index (χ3v) is 6.51. The Morgan fingerprint density at radius 3 is 2.12 bits per heavy atom. The lowest BCUT2D eigenvalue weighted by Gasteiger charge is -2.34. The SMILES string of the molecule is CC(NC(=O)OCC1c2ccccc2-c2ccccc21)C(=O)NC(CC(=O)O)C1CCC1. The average Bonchev–Trinajstić information content (AvgIpc) is 3.04. The van der Waals surface area contributed by atoms with Crippen molar-refractivity contribution in [2.24, 2.45) is 5.92 Å². The number of carbonyl (C=O) groups is 3. The quantitative estimate of drug-likeness (QED) is 0.586. The zero-order chi connectivity index (χ0) is 22.7. The molecule has 2 unspecified atom stereocenters. The molecular formula is C25H28N2O5. The molecule has 2 aromatic rings. The Bertz CT molecular complexity index is 971. The van der Waals surface area contributed by atoms with E-state index in [4.69, 9.17) is 9.84 Å². The van der Waals surface area contributed by atoms with Crippen molar-refractivity contribution in [3.8, 4) is 11.1 Å². The Kier molecular flexibility index (Phi) is 6.44. The number of rotatable bonds is 8. The molecule has 1 fully saturated rings. The summed E-state index contributed by atoms with van der Waals surface area (Å²) >= 11 is 0. The second-order valence-corrected chi connectivity index (χ2v) is 8.60. The van der Waals surface area contributed by atoms with Crippen LogP contribution >= 0.6 is 0 Å². The molecule has 0 aliphatic heterocycles. The van der Waals surface area contributed by atoms with Crippen LogP contribution in [0.5, 0.6) is 0 Å². The second kappa shape index (κ2) is 9.42. The molecule has 0 spiro atoms. The molecular weight excluding hydrogens is 408 g/mol. The number of amides is 2. The number of alkyl carbamates (subject to hydrolysis) is 1. The Hall–Kier alpha value is -3.35. The van der Waals surface area contributed by atoms with Gasteiger partial charge in [-0.3, -0.25) is 9.59 Å². The third-order valence-electron chi connectivity index (χ3n) is 6.51. The van der Waals surface area contributed by atoms with Gasteiger partial charge in [0.25, 0.3) is 0 Å². The smallest absolute Gasteiger partial charge is 0.407 e. The molecule has 3 N–H and O–H groups in total. The first kappa shape index (κ1) is 21.9. The van der Waals surface area contributed by atoms with Crippen LogP contribution in [0.4, 0.5) is 4.79 Å². The molecule has 4 rings (SSSR count). The van der Waals surface area contributed by atoms with Crippen LogP contribution in [0.3, 0.4) is 0 Å². The van der Waals surface area contributed by atoms with Crippen molar-refractivity contribution in [3.63, 3.8) is 0 Å². The van der Waals surface area contributed by atoms with Crippen molar-refractivity contribution in [3.05, 3.63) is 59.7 Å². The lowest BCUT2D eigenvalue weighted by Crippen LogP contribution is -2.51. The molecule has 0 heterocycles. The number of carboxylic acids is 1. The Labute approximate surface area is 187 Å². The molecule has 1 saturated carbocycles. The van der Waals surface area contributed by atoms with Gasteiger partial charge in [0.05, 0.1) is 6.42 Å². The highest BCUT2D eigenvalue weighted by molar-refractivity contribution is 5.86. The van der Waals surface area contributed by atoms with Crippen LogP contribution in [-0.2, 0) is 14.3 Å². The summed E-state index contributed by atoms with van der Waals surface area (Å²) < 4.78 is 5.49. The molecule has 0 bridgehead atoms. The van der Waals surface area contributed by atoms with Gasteiger partial charge in [0.2, 0.25) is 5.91 Å². The zero-order valence-corrected chi connectivity index (χ0v) is 18.0. The van der Waals surface area contributed by atoms with Crippen LogP contribution in [0.25, 0.3) is 11.1 Å². The number of hydrogen-bond acceptors (Lipinski definition) is 4. The lowest BCUT2D eigenvalue weighted by molar-refractivity contribution is -0.138. The summed E-state index contributed by atoms with van der Waals surface area (Å²) in [5, 5.41) is 14.5. The van der Waals surface area contributed by atoms with Gasteiger partial charge in [0, 0.05) is 12.0 Å². The summed E-state index contributed by atoms with van der Waals surface area (Å²) in [6.45, 7) is 1.73. The Balaban J connectivity index is 1.33. The molecule has 2 aliphatic rings. The van der Waals surface area contributed by atoms with E-state index in [9.17, 15) is 14.4 Å². The minimum Gasteiger partial charge on any atom is -0.481 e. The van der Waals surface area contributed by atoms with Gasteiger partial charge in [0.1, 0.15) is 12.6 Å². The number of carbonyl (C=O) groups excluding carboxylic acids is 2. The van der Waals surface area contributed by atoms with Crippen molar-refractivity contribution in [1.82, 2.24) is 10.6 Å². The number of benzene rings is 2. The Morgan fingerprint density at radius 2 is 1.59 bits per heavy atom. The number of hydrogen-bond donors (Lipinski definition) is 3. The van der Waals surface area contributed by atoms with Gasteiger partial charge in [-0.2, -0.15) is 0 Å². The van der Waals surface area contributed by atoms with E-state index in [-0.39, 0.29) is 24.9 Å². The molecule has 0 radical (unpaired) electrons. The standard InChI is InChI=1S/C25H28N2O5/c1-15(24(30)27-22(13-23(28)29)16-7-6-8-16)26-25(31)32-14-21-19-11-4-2-9-17(19)18-10-3-5-12-20(18)21/h2-5,9-12,15-16,21-22H,6-8,13-14H2,1H3,(H,26,31)(H,27,30)(H,28,29). The average molecular weight is 437 g/mol. The summed E-state index contributed by atoms with van der Waals surface area (Å²) in [6, 6.07) is 14.9. The number of aliphatic carboxylic acids is 1. The maximum Gasteiger partial charge on any atom is 0.407 e. The van der Waals surface area contributed by atoms with E-state index in [0.717, 1.165) is 41.5 Å². The Morgan fingerprint density at radius 1 is 1.00 bits per heavy atom. The fourth-order valence-corrected chi connectivity index (χ4v) is 4.56. The fraction of sp³-hybridized carbons (Fsp3) is 0.400. The number of nitrogens with one attached hydrogen (secondary N) is 2. The predicted molar refractivity (Wildman–Crippen MR) is 119 cm³/mol. The first-order valence-corrected chi connectivity index (χ1v) is 11.1. The number of carboxylic acid groups (broad SMARTS) is 1. The van der Waals surface area contributed by atoms with E-state index in [0.29, 0.717) is 0 Å². The predicted octanol–water partition coefficient (Wildman–Crippen LogP) is 3.67. The first-order chi connectivity index (χ1) is 15.4. The topological polar surface area (TPSA) is 105 Å². The zero-order valence-electron chi connectivity index (χ0n) is 18.0. The summed E-state index contributed by atoms with van der Waals surface area (Å²) in [5.41, 5.74) is 4.52. The molecule has 2 atom stereocenters. The third kappa shape index (κ3) is 4.61. The molecule has 168 valence electrons. The molecule has 32 heavy (non-hydrogen) atoms. The van der Waals surface area contributed by atoms with Crippen LogP contribution in [-0.4, -0.2) is 41.8 Å². The molecule has 7 nitrogen and oxygen atoms in total. The summed E-state index contributed by atoms with van der Waals surface area (Å²) in [4.78, 5) is 36.1. The van der Waals surface area contributed by atoms with Crippen molar-refractivity contribution in [2.75, 3.05) is 6.61 Å². The number of ether oxygens (including phenoxy) is 1. The summed E-state index contributed by atoms with van der Waals surface area (Å²) in [7, 11) is 0. The van der Waals surface area contributed by atoms with Crippen molar-refractivity contribution in [1.29, 1.82) is 0 Å². The van der Waals surface area contributed by atoms with Gasteiger partial charge in [-0.05, 0) is 47.9 Å². The minimum absolute atomic E-state index is 0.0594. The molecule has 2 aliphatic carbocycles. The lowest BCUT2D eigenvalue weighted by atomic mass is 9.78. The van der Waals surface area contributed by atoms with Crippen molar-refractivity contribution >= 4 is 18.0 Å². The van der Waals surface area contributed by atoms with Gasteiger partial charge >= 0.3 is 12.1 Å². The molecule has 0 aromatic heterocycles. The maximum absolute atomic E-state index is 12.5. The van der Waals surface area contributed by atoms with Crippen LogP contribution in [0.15, 0.2) is 48.5 Å². The summed E-state index contributed by atoms with van der Waals surface area (Å²) in [6.07, 6.45) is 2.07. The van der Waals surface area contributed by atoms with E-state index in [1.165, 1.54) is 0 Å². The van der Waals surface area contributed by atoms with Gasteiger partial charge < -0.3 is 20.5 Å². The highest BCUT2D eigenvalue weighted by Gasteiger charge is 2.32. The first-order valence-electron chi connectivity index (χ1n) is 11.1. The monoisotopic (exact) mass is 436 g/mol. The number of fused-ring (bicyclic) bond motifs is 3. The maximum atomic E-state index is 12.5. The molecule has 0 saturated heterocycles. The van der Waals surface area contributed by atoms with Crippen LogP contribution in [0, 0.1) is 5.92 Å². The van der Waals surface area contributed by atoms with E-state index in [2.05, 4.69) is 22.8 Å². The van der Waals surface area contributed by atoms with E-state index < -0.39 is 30.1 Å². The van der Waals surface area contributed by atoms with E-state index in [1.54, 1.807) is 6.92 Å². The molecule has 7 heteroatoms. The van der Waals surface area contributed by atoms with Gasteiger partial charge in [-0.15, -0.1) is 0 Å². The van der Waals surface area contributed by atoms with Gasteiger partial charge in [-0.25, -0.2) is 4.79 Å². The van der Waals surface area contributed by atoms with Crippen molar-refractivity contribution in [2.45, 2.75) is 50.6 Å². The van der Waals surface area contributed by atoms with E-state index in [1.807, 2.05) is 36.4 Å². The van der Waals surface area contributed by atoms with Gasteiger partial charge in [-0.1, -0.05) is 55.0 Å². The van der Waals surface area contributed by atoms with Gasteiger partial charge in [0.15, 0.2) is 0 Å². The summed E-state index contributed by atoms with van der Waals surface area (Å²) in [5.74, 6) is -1.23. The van der Waals surface area contributed by atoms with Crippen molar-refractivity contribution < 1.29 is 24.2 Å². The highest BCUT2D eigenvalue weighted by Crippen LogP contribution is 2.44. The molecule has 2 aromatic carbocycles. The largest absolute Gasteiger partial charge is 0.481 e. The van der Waals surface area contributed by atoms with Crippen LogP contribution < -0.4 is 10.6 Å². The second-order valence-electron chi connectivity index (χ2n) is 8.60.